The molecular formula is C24H32N3+. The van der Waals surface area contributed by atoms with Crippen LogP contribution < -0.4 is 4.68 Å². The molecule has 2 heterocycles. The Kier molecular flexibility index (Phi) is 5.23. The van der Waals surface area contributed by atoms with Crippen LogP contribution in [0.5, 0.6) is 0 Å². The molecule has 0 amide bonds. The first kappa shape index (κ1) is 19.3. The number of pyridine rings is 1. The van der Waals surface area contributed by atoms with E-state index >= 15 is 0 Å². The SMILES string of the molecule is Cc1cc(C)c(-n2cc(-c3c(C(C)C)cccc3C(C)C)c[n+]2C)c(C)n1. The summed E-state index contributed by atoms with van der Waals surface area (Å²) in [6.07, 6.45) is 4.51. The highest BCUT2D eigenvalue weighted by molar-refractivity contribution is 5.71. The summed E-state index contributed by atoms with van der Waals surface area (Å²) in [5.41, 5.74) is 10.0. The topological polar surface area (TPSA) is 21.7 Å². The molecule has 3 rings (SSSR count). The van der Waals surface area contributed by atoms with Crippen LogP contribution in [0.2, 0.25) is 0 Å². The minimum Gasteiger partial charge on any atom is -0.256 e. The van der Waals surface area contributed by atoms with E-state index in [4.69, 9.17) is 4.98 Å². The van der Waals surface area contributed by atoms with Crippen LogP contribution in [0.25, 0.3) is 16.8 Å². The second kappa shape index (κ2) is 7.30. The average Bonchev–Trinajstić information content (AvgIpc) is 2.94. The summed E-state index contributed by atoms with van der Waals surface area (Å²) < 4.78 is 4.40. The maximum Gasteiger partial charge on any atom is 0.203 e. The van der Waals surface area contributed by atoms with E-state index in [2.05, 4.69) is 102 Å². The molecule has 0 aliphatic carbocycles. The molecule has 0 bridgehead atoms. The summed E-state index contributed by atoms with van der Waals surface area (Å²) >= 11 is 0. The van der Waals surface area contributed by atoms with Gasteiger partial charge in [0.05, 0.1) is 17.5 Å². The Morgan fingerprint density at radius 2 is 1.56 bits per heavy atom. The molecular weight excluding hydrogens is 330 g/mol. The van der Waals surface area contributed by atoms with Crippen LogP contribution in [0.3, 0.4) is 0 Å². The highest BCUT2D eigenvalue weighted by Gasteiger charge is 2.22. The molecule has 0 aliphatic rings. The van der Waals surface area contributed by atoms with Gasteiger partial charge in [0.15, 0.2) is 7.05 Å². The van der Waals surface area contributed by atoms with Crippen molar-refractivity contribution in [2.75, 3.05) is 0 Å². The van der Waals surface area contributed by atoms with Gasteiger partial charge in [0.2, 0.25) is 6.20 Å². The first-order valence-corrected chi connectivity index (χ1v) is 9.87. The molecule has 0 unspecified atom stereocenters. The van der Waals surface area contributed by atoms with Crippen LogP contribution in [0.1, 0.15) is 67.6 Å². The molecule has 0 aliphatic heterocycles. The summed E-state index contributed by atoms with van der Waals surface area (Å²) in [5, 5.41) is 0. The lowest BCUT2D eigenvalue weighted by Gasteiger charge is -2.18. The minimum absolute atomic E-state index is 0.483. The Labute approximate surface area is 163 Å². The molecule has 142 valence electrons. The van der Waals surface area contributed by atoms with Crippen molar-refractivity contribution < 1.29 is 4.68 Å². The van der Waals surface area contributed by atoms with E-state index in [0.717, 1.165) is 11.4 Å². The summed E-state index contributed by atoms with van der Waals surface area (Å²) in [6, 6.07) is 8.90. The van der Waals surface area contributed by atoms with Crippen molar-refractivity contribution in [1.82, 2.24) is 9.67 Å². The van der Waals surface area contributed by atoms with Gasteiger partial charge >= 0.3 is 0 Å². The van der Waals surface area contributed by atoms with E-state index in [1.807, 2.05) is 0 Å². The number of nitrogens with zero attached hydrogens (tertiary/aromatic N) is 3. The van der Waals surface area contributed by atoms with Gasteiger partial charge in [0.25, 0.3) is 0 Å². The Balaban J connectivity index is 2.25. The monoisotopic (exact) mass is 362 g/mol. The first-order valence-electron chi connectivity index (χ1n) is 9.87. The molecule has 0 radical (unpaired) electrons. The van der Waals surface area contributed by atoms with Crippen molar-refractivity contribution in [2.45, 2.75) is 60.3 Å². The standard InChI is InChI=1S/C24H32N3/c1-15(2)21-10-9-11-22(16(3)4)23(21)20-13-26(8)27(14-20)24-17(5)12-18(6)25-19(24)7/h9-16H,1-8H3/q+1. The van der Waals surface area contributed by atoms with Crippen LogP contribution in [-0.2, 0) is 7.05 Å². The van der Waals surface area contributed by atoms with E-state index < -0.39 is 0 Å². The molecule has 2 aromatic heterocycles. The molecule has 3 heteroatoms. The smallest absolute Gasteiger partial charge is 0.203 e. The fourth-order valence-electron chi connectivity index (χ4n) is 4.12. The lowest BCUT2D eigenvalue weighted by Crippen LogP contribution is -2.37. The summed E-state index contributed by atoms with van der Waals surface area (Å²) in [6.45, 7) is 15.4. The zero-order chi connectivity index (χ0) is 19.9. The van der Waals surface area contributed by atoms with Gasteiger partial charge in [-0.25, -0.2) is 0 Å². The van der Waals surface area contributed by atoms with E-state index in [-0.39, 0.29) is 0 Å². The maximum atomic E-state index is 4.69. The van der Waals surface area contributed by atoms with E-state index in [9.17, 15) is 0 Å². The summed E-state index contributed by atoms with van der Waals surface area (Å²) in [5.74, 6) is 0.966. The van der Waals surface area contributed by atoms with Crippen molar-refractivity contribution in [3.8, 4) is 16.8 Å². The predicted molar refractivity (Wildman–Crippen MR) is 113 cm³/mol. The first-order chi connectivity index (χ1) is 12.7. The van der Waals surface area contributed by atoms with Crippen LogP contribution in [-0.4, -0.2) is 9.67 Å². The van der Waals surface area contributed by atoms with Crippen LogP contribution in [0.4, 0.5) is 0 Å². The summed E-state index contributed by atoms with van der Waals surface area (Å²) in [4.78, 5) is 4.69. The van der Waals surface area contributed by atoms with Crippen molar-refractivity contribution in [3.63, 3.8) is 0 Å². The third-order valence-electron chi connectivity index (χ3n) is 5.30. The van der Waals surface area contributed by atoms with E-state index in [0.29, 0.717) is 11.8 Å². The molecule has 0 fully saturated rings. The number of rotatable bonds is 4. The maximum absolute atomic E-state index is 4.69. The third kappa shape index (κ3) is 3.55. The Bertz CT molecular complexity index is 928. The Morgan fingerprint density at radius 3 is 2.07 bits per heavy atom. The van der Waals surface area contributed by atoms with Gasteiger partial charge in [-0.05, 0) is 60.9 Å². The van der Waals surface area contributed by atoms with Gasteiger partial charge < -0.3 is 0 Å². The molecule has 3 aromatic rings. The molecule has 1 aromatic carbocycles. The highest BCUT2D eigenvalue weighted by atomic mass is 15.4. The number of aryl methyl sites for hydroxylation is 4. The van der Waals surface area contributed by atoms with E-state index in [1.54, 1.807) is 0 Å². The molecule has 0 spiro atoms. The molecule has 27 heavy (non-hydrogen) atoms. The van der Waals surface area contributed by atoms with Crippen LogP contribution in [0, 0.1) is 20.8 Å². The second-order valence-electron chi connectivity index (χ2n) is 8.27. The van der Waals surface area contributed by atoms with Gasteiger partial charge in [-0.1, -0.05) is 45.9 Å². The number of aromatic nitrogens is 3. The number of hydrogen-bond acceptors (Lipinski definition) is 1. The van der Waals surface area contributed by atoms with Gasteiger partial charge in [-0.15, -0.1) is 9.36 Å². The lowest BCUT2D eigenvalue weighted by molar-refractivity contribution is -0.744. The normalized spacial score (nSPS) is 11.6. The number of hydrogen-bond donors (Lipinski definition) is 0. The largest absolute Gasteiger partial charge is 0.256 e. The predicted octanol–water partition coefficient (Wildman–Crippen LogP) is 5.54. The van der Waals surface area contributed by atoms with Crippen molar-refractivity contribution in [3.05, 3.63) is 64.7 Å². The van der Waals surface area contributed by atoms with Gasteiger partial charge in [-0.3, -0.25) is 4.98 Å². The third-order valence-corrected chi connectivity index (χ3v) is 5.30. The van der Waals surface area contributed by atoms with E-state index in [1.165, 1.54) is 33.5 Å². The van der Waals surface area contributed by atoms with Crippen LogP contribution in [0.15, 0.2) is 36.7 Å². The fourth-order valence-corrected chi connectivity index (χ4v) is 4.12. The van der Waals surface area contributed by atoms with Crippen molar-refractivity contribution in [1.29, 1.82) is 0 Å². The zero-order valence-electron chi connectivity index (χ0n) is 18.0. The quantitative estimate of drug-likeness (QED) is 0.559. The fraction of sp³-hybridized carbons (Fsp3) is 0.417. The summed E-state index contributed by atoms with van der Waals surface area (Å²) in [7, 11) is 2.11. The van der Waals surface area contributed by atoms with Gasteiger partial charge in [-0.2, -0.15) is 0 Å². The minimum atomic E-state index is 0.483. The Morgan fingerprint density at radius 1 is 0.963 bits per heavy atom. The average molecular weight is 363 g/mol. The highest BCUT2D eigenvalue weighted by Crippen LogP contribution is 2.36. The Hall–Kier alpha value is -2.42. The molecule has 0 atom stereocenters. The van der Waals surface area contributed by atoms with Crippen molar-refractivity contribution >= 4 is 0 Å². The molecule has 0 saturated carbocycles. The number of benzene rings is 1. The molecule has 0 saturated heterocycles. The lowest BCUT2D eigenvalue weighted by atomic mass is 9.86. The van der Waals surface area contributed by atoms with Gasteiger partial charge in [0, 0.05) is 5.69 Å². The molecule has 3 nitrogen and oxygen atoms in total. The van der Waals surface area contributed by atoms with Crippen molar-refractivity contribution in [2.24, 2.45) is 7.05 Å². The second-order valence-corrected chi connectivity index (χ2v) is 8.27. The van der Waals surface area contributed by atoms with Crippen LogP contribution >= 0.6 is 0 Å². The molecule has 0 N–H and O–H groups in total. The van der Waals surface area contributed by atoms with Gasteiger partial charge in [0.1, 0.15) is 5.69 Å². The zero-order valence-corrected chi connectivity index (χ0v) is 18.0.